The molecule has 1 aromatic carbocycles. The number of benzene rings is 1. The van der Waals surface area contributed by atoms with E-state index in [1.54, 1.807) is 12.1 Å². The quantitative estimate of drug-likeness (QED) is 0.789. The molecule has 1 aromatic heterocycles. The predicted molar refractivity (Wildman–Crippen MR) is 90.7 cm³/mol. The molecule has 24 heavy (non-hydrogen) atoms. The fourth-order valence-electron chi connectivity index (χ4n) is 1.72. The van der Waals surface area contributed by atoms with Crippen LogP contribution in [0.2, 0.25) is 10.0 Å². The van der Waals surface area contributed by atoms with Gasteiger partial charge in [-0.2, -0.15) is 0 Å². The number of ether oxygens (including phenoxy) is 1. The largest absolute Gasteiger partial charge is 0.495 e. The topological polar surface area (TPSA) is 98.2 Å². The minimum Gasteiger partial charge on any atom is -0.495 e. The van der Waals surface area contributed by atoms with Gasteiger partial charge in [-0.25, -0.2) is 18.4 Å². The third-order valence-electron chi connectivity index (χ3n) is 3.00. The molecule has 1 heterocycles. The van der Waals surface area contributed by atoms with Crippen molar-refractivity contribution in [3.8, 4) is 5.75 Å². The summed E-state index contributed by atoms with van der Waals surface area (Å²) >= 11 is 11.9. The second kappa shape index (κ2) is 7.33. The number of carbonyl (C=O) groups is 1. The second-order valence-corrected chi connectivity index (χ2v) is 7.54. The van der Waals surface area contributed by atoms with Gasteiger partial charge in [0.25, 0.3) is 5.91 Å². The summed E-state index contributed by atoms with van der Waals surface area (Å²) in [7, 11) is -2.19. The van der Waals surface area contributed by atoms with Crippen molar-refractivity contribution in [3.63, 3.8) is 0 Å². The molecule has 10 heteroatoms. The minimum absolute atomic E-state index is 0.0674. The van der Waals surface area contributed by atoms with Crippen LogP contribution in [0.4, 0.5) is 5.69 Å². The van der Waals surface area contributed by atoms with Crippen LogP contribution < -0.4 is 10.1 Å². The third-order valence-corrected chi connectivity index (χ3v) is 5.09. The molecule has 0 spiro atoms. The van der Waals surface area contributed by atoms with Gasteiger partial charge in [0.05, 0.1) is 29.1 Å². The molecule has 128 valence electrons. The van der Waals surface area contributed by atoms with Crippen LogP contribution in [0.15, 0.2) is 29.6 Å². The number of rotatable bonds is 5. The number of anilines is 1. The molecular formula is C14H13Cl2N3O4S. The highest BCUT2D eigenvalue weighted by molar-refractivity contribution is 7.91. The number of hydrogen-bond acceptors (Lipinski definition) is 6. The normalized spacial score (nSPS) is 11.2. The molecule has 7 nitrogen and oxygen atoms in total. The summed E-state index contributed by atoms with van der Waals surface area (Å²) in [5, 5.41) is 2.32. The van der Waals surface area contributed by atoms with Gasteiger partial charge in [0.2, 0.25) is 15.0 Å². The highest BCUT2D eigenvalue weighted by Crippen LogP contribution is 2.27. The van der Waals surface area contributed by atoms with Crippen molar-refractivity contribution in [2.24, 2.45) is 0 Å². The Labute approximate surface area is 148 Å². The number of sulfone groups is 1. The van der Waals surface area contributed by atoms with Crippen LogP contribution in [0, 0.1) is 0 Å². The smallest absolute Gasteiger partial charge is 0.275 e. The van der Waals surface area contributed by atoms with Crippen LogP contribution in [-0.2, 0) is 9.84 Å². The molecule has 0 fully saturated rings. The molecule has 0 aliphatic heterocycles. The summed E-state index contributed by atoms with van der Waals surface area (Å²) in [5.74, 6) is -0.425. The maximum Gasteiger partial charge on any atom is 0.275 e. The Kier molecular flexibility index (Phi) is 5.63. The van der Waals surface area contributed by atoms with Crippen molar-refractivity contribution in [2.45, 2.75) is 12.1 Å². The zero-order valence-electron chi connectivity index (χ0n) is 12.7. The highest BCUT2D eigenvalue weighted by Gasteiger charge is 2.21. The van der Waals surface area contributed by atoms with Crippen molar-refractivity contribution in [1.82, 2.24) is 9.97 Å². The number of aromatic nitrogens is 2. The summed E-state index contributed by atoms with van der Waals surface area (Å²) in [5.41, 5.74) is 0.131. The van der Waals surface area contributed by atoms with Crippen LogP contribution in [0.5, 0.6) is 5.75 Å². The molecule has 0 bridgehead atoms. The van der Waals surface area contributed by atoms with Gasteiger partial charge >= 0.3 is 0 Å². The lowest BCUT2D eigenvalue weighted by molar-refractivity contribution is 0.102. The summed E-state index contributed by atoms with van der Waals surface area (Å²) in [6, 6.07) is 4.63. The molecule has 0 aliphatic carbocycles. The van der Waals surface area contributed by atoms with Crippen molar-refractivity contribution in [3.05, 3.63) is 40.1 Å². The van der Waals surface area contributed by atoms with E-state index in [4.69, 9.17) is 27.9 Å². The lowest BCUT2D eigenvalue weighted by atomic mass is 10.3. The highest BCUT2D eigenvalue weighted by atomic mass is 35.5. The fraction of sp³-hybridized carbons (Fsp3) is 0.214. The minimum atomic E-state index is -3.66. The average molecular weight is 390 g/mol. The van der Waals surface area contributed by atoms with Crippen LogP contribution in [0.25, 0.3) is 0 Å². The monoisotopic (exact) mass is 389 g/mol. The first kappa shape index (κ1) is 18.4. The van der Waals surface area contributed by atoms with E-state index >= 15 is 0 Å². The molecule has 0 unspecified atom stereocenters. The first-order valence-electron chi connectivity index (χ1n) is 6.68. The first-order chi connectivity index (χ1) is 11.3. The van der Waals surface area contributed by atoms with Gasteiger partial charge in [-0.1, -0.05) is 30.1 Å². The van der Waals surface area contributed by atoms with E-state index in [-0.39, 0.29) is 16.5 Å². The second-order valence-electron chi connectivity index (χ2n) is 4.56. The van der Waals surface area contributed by atoms with Crippen molar-refractivity contribution < 1.29 is 17.9 Å². The molecular weight excluding hydrogens is 377 g/mol. The van der Waals surface area contributed by atoms with E-state index in [9.17, 15) is 13.2 Å². The maximum absolute atomic E-state index is 12.3. The van der Waals surface area contributed by atoms with E-state index in [1.807, 2.05) is 0 Å². The third kappa shape index (κ3) is 3.95. The van der Waals surface area contributed by atoms with Gasteiger partial charge in [0.15, 0.2) is 5.69 Å². The van der Waals surface area contributed by atoms with Gasteiger partial charge in [-0.05, 0) is 18.2 Å². The Morgan fingerprint density at radius 2 is 2.00 bits per heavy atom. The average Bonchev–Trinajstić information content (AvgIpc) is 2.55. The Morgan fingerprint density at radius 1 is 1.29 bits per heavy atom. The molecule has 0 aliphatic rings. The number of carbonyl (C=O) groups excluding carboxylic acids is 1. The zero-order chi connectivity index (χ0) is 17.9. The molecule has 0 saturated heterocycles. The van der Waals surface area contributed by atoms with Gasteiger partial charge in [-0.15, -0.1) is 0 Å². The molecule has 1 N–H and O–H groups in total. The summed E-state index contributed by atoms with van der Waals surface area (Å²) < 4.78 is 28.7. The van der Waals surface area contributed by atoms with E-state index < -0.39 is 20.9 Å². The van der Waals surface area contributed by atoms with E-state index in [0.717, 1.165) is 6.20 Å². The van der Waals surface area contributed by atoms with Gasteiger partial charge in [0, 0.05) is 5.69 Å². The molecule has 2 aromatic rings. The Hall–Kier alpha value is -1.90. The first-order valence-corrected chi connectivity index (χ1v) is 9.09. The summed E-state index contributed by atoms with van der Waals surface area (Å²) in [4.78, 5) is 19.7. The van der Waals surface area contributed by atoms with Gasteiger partial charge in [0.1, 0.15) is 5.75 Å². The standard InChI is InChI=1S/C14H13Cl2N3O4S/c1-3-24(21,22)14-17-7-10(16)12(19-14)13(20)18-8-4-5-11(23-2)9(15)6-8/h4-7H,3H2,1-2H3,(H,18,20). The predicted octanol–water partition coefficient (Wildman–Crippen LogP) is 2.84. The molecule has 0 radical (unpaired) electrons. The van der Waals surface area contributed by atoms with Crippen LogP contribution in [0.1, 0.15) is 17.4 Å². The van der Waals surface area contributed by atoms with E-state index in [1.165, 1.54) is 20.1 Å². The summed E-state index contributed by atoms with van der Waals surface area (Å²) in [6.07, 6.45) is 1.08. The van der Waals surface area contributed by atoms with Crippen molar-refractivity contribution >= 4 is 44.6 Å². The van der Waals surface area contributed by atoms with Crippen LogP contribution in [-0.4, -0.2) is 37.2 Å². The Morgan fingerprint density at radius 3 is 2.58 bits per heavy atom. The molecule has 1 amide bonds. The van der Waals surface area contributed by atoms with Crippen LogP contribution >= 0.6 is 23.2 Å². The zero-order valence-corrected chi connectivity index (χ0v) is 15.0. The van der Waals surface area contributed by atoms with Crippen molar-refractivity contribution in [2.75, 3.05) is 18.2 Å². The Bertz CT molecular complexity index is 888. The van der Waals surface area contributed by atoms with E-state index in [0.29, 0.717) is 16.5 Å². The number of nitrogens with zero attached hydrogens (tertiary/aromatic N) is 2. The van der Waals surface area contributed by atoms with Gasteiger partial charge < -0.3 is 10.1 Å². The maximum atomic E-state index is 12.3. The SMILES string of the molecule is CCS(=O)(=O)c1ncc(Cl)c(C(=O)Nc2ccc(OC)c(Cl)c2)n1. The molecule has 2 rings (SSSR count). The number of hydrogen-bond donors (Lipinski definition) is 1. The lowest BCUT2D eigenvalue weighted by Crippen LogP contribution is -2.18. The molecule has 0 atom stereocenters. The Balaban J connectivity index is 2.33. The van der Waals surface area contributed by atoms with Crippen molar-refractivity contribution in [1.29, 1.82) is 0 Å². The lowest BCUT2D eigenvalue weighted by Gasteiger charge is -2.09. The summed E-state index contributed by atoms with van der Waals surface area (Å²) in [6.45, 7) is 1.45. The number of halogens is 2. The van der Waals surface area contributed by atoms with Gasteiger partial charge in [-0.3, -0.25) is 4.79 Å². The molecule has 0 saturated carbocycles. The fourth-order valence-corrected chi connectivity index (χ4v) is 2.86. The number of nitrogens with one attached hydrogen (secondary N) is 1. The number of methoxy groups -OCH3 is 1. The van der Waals surface area contributed by atoms with Crippen LogP contribution in [0.3, 0.4) is 0 Å². The van der Waals surface area contributed by atoms with E-state index in [2.05, 4.69) is 15.3 Å². The number of amides is 1.